The summed E-state index contributed by atoms with van der Waals surface area (Å²) >= 11 is 0. The van der Waals surface area contributed by atoms with Crippen molar-refractivity contribution >= 4 is 22.9 Å². The summed E-state index contributed by atoms with van der Waals surface area (Å²) in [5.41, 5.74) is 6.78. The second-order valence-electron chi connectivity index (χ2n) is 4.62. The molecule has 0 aromatic carbocycles. The number of nitrogens with zero attached hydrogens (tertiary/aromatic N) is 4. The molecule has 0 amide bonds. The third kappa shape index (κ3) is 1.96. The first-order valence-corrected chi connectivity index (χ1v) is 6.26. The van der Waals surface area contributed by atoms with Crippen molar-refractivity contribution in [2.24, 2.45) is 0 Å². The number of imidazole rings is 1. The monoisotopic (exact) mass is 280 g/mol. The number of aliphatic hydroxyl groups excluding tert-OH is 2. The molecule has 0 spiro atoms. The molecule has 9 nitrogen and oxygen atoms in total. The van der Waals surface area contributed by atoms with Crippen molar-refractivity contribution < 1.29 is 14.9 Å². The Kier molecular flexibility index (Phi) is 3.16. The van der Waals surface area contributed by atoms with Gasteiger partial charge in [-0.2, -0.15) is 9.97 Å². The number of aliphatic hydroxyl groups is 2. The fraction of sp³-hybridized carbons (Fsp3) is 0.545. The Bertz CT molecular complexity index is 630. The average molecular weight is 280 g/mol. The molecule has 2 aromatic rings. The molecule has 9 heteroatoms. The van der Waals surface area contributed by atoms with Crippen molar-refractivity contribution in [3.05, 3.63) is 6.33 Å². The van der Waals surface area contributed by atoms with Crippen molar-refractivity contribution in [2.75, 3.05) is 24.7 Å². The van der Waals surface area contributed by atoms with Crippen molar-refractivity contribution in [3.8, 4) is 0 Å². The van der Waals surface area contributed by atoms with E-state index >= 15 is 0 Å². The molecule has 2 aromatic heterocycles. The van der Waals surface area contributed by atoms with Gasteiger partial charge in [-0.05, 0) is 0 Å². The molecule has 0 bridgehead atoms. The van der Waals surface area contributed by atoms with Gasteiger partial charge in [0.1, 0.15) is 12.3 Å². The minimum atomic E-state index is -0.717. The highest BCUT2D eigenvalue weighted by molar-refractivity contribution is 5.84. The highest BCUT2D eigenvalue weighted by atomic mass is 16.5. The van der Waals surface area contributed by atoms with E-state index in [0.717, 1.165) is 0 Å². The molecule has 108 valence electrons. The zero-order valence-corrected chi connectivity index (χ0v) is 10.9. The maximum absolute atomic E-state index is 9.80. The van der Waals surface area contributed by atoms with Crippen LogP contribution >= 0.6 is 0 Å². The van der Waals surface area contributed by atoms with Crippen LogP contribution in [0.2, 0.25) is 0 Å². The van der Waals surface area contributed by atoms with E-state index in [-0.39, 0.29) is 12.6 Å². The number of rotatable bonds is 3. The number of hydrogen-bond donors (Lipinski definition) is 4. The van der Waals surface area contributed by atoms with Crippen LogP contribution in [0.5, 0.6) is 0 Å². The maximum atomic E-state index is 9.80. The lowest BCUT2D eigenvalue weighted by atomic mass is 10.2. The highest BCUT2D eigenvalue weighted by Gasteiger charge is 2.35. The molecule has 0 radical (unpaired) electrons. The van der Waals surface area contributed by atoms with Crippen LogP contribution in [0.1, 0.15) is 12.6 Å². The van der Waals surface area contributed by atoms with E-state index < -0.39 is 18.4 Å². The van der Waals surface area contributed by atoms with Crippen LogP contribution in [0.15, 0.2) is 6.33 Å². The number of nitrogens with one attached hydrogen (secondary N) is 1. The summed E-state index contributed by atoms with van der Waals surface area (Å²) in [5, 5.41) is 21.8. The summed E-state index contributed by atoms with van der Waals surface area (Å²) < 4.78 is 7.28. The van der Waals surface area contributed by atoms with Crippen LogP contribution in [0.25, 0.3) is 11.2 Å². The zero-order valence-electron chi connectivity index (χ0n) is 10.9. The highest BCUT2D eigenvalue weighted by Crippen LogP contribution is 2.31. The van der Waals surface area contributed by atoms with E-state index in [1.165, 1.54) is 0 Å². The lowest BCUT2D eigenvalue weighted by molar-refractivity contribution is -0.0432. The van der Waals surface area contributed by atoms with E-state index in [0.29, 0.717) is 23.4 Å². The molecule has 0 saturated carbocycles. The van der Waals surface area contributed by atoms with Crippen molar-refractivity contribution in [1.82, 2.24) is 19.5 Å². The number of aromatic nitrogens is 4. The molecule has 1 aliphatic rings. The number of nitrogen functional groups attached to an aromatic ring is 1. The quantitative estimate of drug-likeness (QED) is 0.568. The first kappa shape index (κ1) is 13.0. The third-order valence-electron chi connectivity index (χ3n) is 3.37. The standard InChI is InChI=1S/C11H16N6O3/c1-13-9-8-10(16-11(12)15-9)17(4-14-8)7-2-5(19)6(3-18)20-7/h4-7,18-19H,2-3H2,1H3,(H3,12,13,15,16)/t5-,6+,7-/m1/s1. The van der Waals surface area contributed by atoms with Crippen molar-refractivity contribution in [1.29, 1.82) is 0 Å². The van der Waals surface area contributed by atoms with E-state index in [1.54, 1.807) is 17.9 Å². The predicted octanol–water partition coefficient (Wildman–Crippen LogP) is -0.909. The minimum Gasteiger partial charge on any atom is -0.394 e. The Morgan fingerprint density at radius 2 is 2.35 bits per heavy atom. The van der Waals surface area contributed by atoms with Gasteiger partial charge in [-0.15, -0.1) is 0 Å². The Morgan fingerprint density at radius 1 is 1.55 bits per heavy atom. The van der Waals surface area contributed by atoms with E-state index in [2.05, 4.69) is 20.3 Å². The predicted molar refractivity (Wildman–Crippen MR) is 70.9 cm³/mol. The van der Waals surface area contributed by atoms with Crippen LogP contribution < -0.4 is 11.1 Å². The van der Waals surface area contributed by atoms with Crippen molar-refractivity contribution in [2.45, 2.75) is 24.9 Å². The number of hydrogen-bond acceptors (Lipinski definition) is 8. The molecule has 3 heterocycles. The number of nitrogens with two attached hydrogens (primary N) is 1. The van der Waals surface area contributed by atoms with Gasteiger partial charge in [-0.1, -0.05) is 0 Å². The van der Waals surface area contributed by atoms with Gasteiger partial charge >= 0.3 is 0 Å². The van der Waals surface area contributed by atoms with Crippen molar-refractivity contribution in [3.63, 3.8) is 0 Å². The topological polar surface area (TPSA) is 131 Å². The molecule has 3 rings (SSSR count). The molecule has 1 aliphatic heterocycles. The molecule has 0 unspecified atom stereocenters. The molecular weight excluding hydrogens is 264 g/mol. The van der Waals surface area contributed by atoms with Crippen LogP contribution in [0.4, 0.5) is 11.8 Å². The molecule has 1 fully saturated rings. The maximum Gasteiger partial charge on any atom is 0.224 e. The molecule has 5 N–H and O–H groups in total. The van der Waals surface area contributed by atoms with Crippen LogP contribution in [0.3, 0.4) is 0 Å². The zero-order chi connectivity index (χ0) is 14.3. The summed E-state index contributed by atoms with van der Waals surface area (Å²) in [6, 6.07) is 0. The number of fused-ring (bicyclic) bond motifs is 1. The van der Waals surface area contributed by atoms with Gasteiger partial charge in [-0.25, -0.2) is 4.98 Å². The number of ether oxygens (including phenoxy) is 1. The van der Waals surface area contributed by atoms with Crippen LogP contribution in [-0.4, -0.2) is 55.6 Å². The van der Waals surface area contributed by atoms with Gasteiger partial charge in [0.15, 0.2) is 17.0 Å². The van der Waals surface area contributed by atoms with Gasteiger partial charge < -0.3 is 26.0 Å². The first-order chi connectivity index (χ1) is 9.63. The van der Waals surface area contributed by atoms with E-state index in [9.17, 15) is 5.11 Å². The summed E-state index contributed by atoms with van der Waals surface area (Å²) in [6.07, 6.45) is 0.170. The van der Waals surface area contributed by atoms with Gasteiger partial charge in [-0.3, -0.25) is 4.57 Å². The average Bonchev–Trinajstić information content (AvgIpc) is 3.00. The van der Waals surface area contributed by atoms with E-state index in [1.807, 2.05) is 0 Å². The lowest BCUT2D eigenvalue weighted by Crippen LogP contribution is -2.24. The molecule has 0 aliphatic carbocycles. The van der Waals surface area contributed by atoms with Gasteiger partial charge in [0.05, 0.1) is 19.0 Å². The minimum absolute atomic E-state index is 0.126. The normalized spacial score (nSPS) is 26.2. The van der Waals surface area contributed by atoms with Crippen LogP contribution in [0, 0.1) is 0 Å². The second kappa shape index (κ2) is 4.85. The fourth-order valence-corrected chi connectivity index (χ4v) is 2.37. The Labute approximate surface area is 114 Å². The molecular formula is C11H16N6O3. The fourth-order valence-electron chi connectivity index (χ4n) is 2.37. The molecule has 1 saturated heterocycles. The Balaban J connectivity index is 2.03. The van der Waals surface area contributed by atoms with Gasteiger partial charge in [0, 0.05) is 13.5 Å². The van der Waals surface area contributed by atoms with Gasteiger partial charge in [0.2, 0.25) is 5.95 Å². The summed E-state index contributed by atoms with van der Waals surface area (Å²) in [7, 11) is 1.72. The van der Waals surface area contributed by atoms with Crippen LogP contribution in [-0.2, 0) is 4.74 Å². The summed E-state index contributed by atoms with van der Waals surface area (Å²) in [6.45, 7) is -0.233. The second-order valence-corrected chi connectivity index (χ2v) is 4.62. The molecule has 3 atom stereocenters. The molecule has 20 heavy (non-hydrogen) atoms. The largest absolute Gasteiger partial charge is 0.394 e. The third-order valence-corrected chi connectivity index (χ3v) is 3.37. The number of anilines is 2. The Hall–Kier alpha value is -1.97. The SMILES string of the molecule is CNc1nc(N)nc2c1ncn2[C@H]1C[C@@H](O)[C@H](CO)O1. The van der Waals surface area contributed by atoms with Gasteiger partial charge in [0.25, 0.3) is 0 Å². The Morgan fingerprint density at radius 3 is 3.00 bits per heavy atom. The smallest absolute Gasteiger partial charge is 0.224 e. The summed E-state index contributed by atoms with van der Waals surface area (Å²) in [4.78, 5) is 12.5. The lowest BCUT2D eigenvalue weighted by Gasteiger charge is -2.13. The first-order valence-electron chi connectivity index (χ1n) is 6.26. The van der Waals surface area contributed by atoms with E-state index in [4.69, 9.17) is 15.6 Å². The summed E-state index contributed by atoms with van der Waals surface area (Å²) in [5.74, 6) is 0.657.